The third-order valence-corrected chi connectivity index (χ3v) is 2.33. The molecule has 0 aromatic heterocycles. The summed E-state index contributed by atoms with van der Waals surface area (Å²) in [4.78, 5) is 0. The zero-order chi connectivity index (χ0) is 19.0. The quantitative estimate of drug-likeness (QED) is 0.198. The summed E-state index contributed by atoms with van der Waals surface area (Å²) in [5, 5.41) is 92.7. The van der Waals surface area contributed by atoms with Crippen molar-refractivity contribution in [3.63, 3.8) is 0 Å². The third kappa shape index (κ3) is 14.9. The molecule has 23 heavy (non-hydrogen) atoms. The number of aliphatic hydroxyl groups excluding tert-OH is 11. The minimum absolute atomic E-state index is 0.250. The summed E-state index contributed by atoms with van der Waals surface area (Å²) >= 11 is 0. The van der Waals surface area contributed by atoms with Gasteiger partial charge in [0.15, 0.2) is 0 Å². The summed E-state index contributed by atoms with van der Waals surface area (Å²) in [6.07, 6.45) is -8.58. The van der Waals surface area contributed by atoms with Crippen molar-refractivity contribution in [1.29, 1.82) is 0 Å². The van der Waals surface area contributed by atoms with Crippen LogP contribution in [0.5, 0.6) is 0 Å². The molecule has 0 spiro atoms. The van der Waals surface area contributed by atoms with Crippen LogP contribution in [0, 0.1) is 0 Å². The maximum Gasteiger partial charge on any atom is 0.110 e. The minimum Gasteiger partial charge on any atom is -0.397 e. The van der Waals surface area contributed by atoms with Crippen molar-refractivity contribution in [2.75, 3.05) is 33.0 Å². The lowest BCUT2D eigenvalue weighted by molar-refractivity contribution is -0.0900. The van der Waals surface area contributed by atoms with E-state index in [1.54, 1.807) is 6.92 Å². The predicted molar refractivity (Wildman–Crippen MR) is 77.1 cm³/mol. The van der Waals surface area contributed by atoms with Crippen molar-refractivity contribution in [1.82, 2.24) is 0 Å². The average molecular weight is 350 g/mol. The molecule has 0 heterocycles. The summed E-state index contributed by atoms with van der Waals surface area (Å²) in [6, 6.07) is 0. The average Bonchev–Trinajstić information content (AvgIpc) is 2.58. The molecule has 0 aliphatic carbocycles. The molecule has 144 valence electrons. The second-order valence-electron chi connectivity index (χ2n) is 4.30. The smallest absolute Gasteiger partial charge is 0.110 e. The van der Waals surface area contributed by atoms with Crippen molar-refractivity contribution in [3.05, 3.63) is 0 Å². The maximum absolute atomic E-state index is 8.77. The Labute approximate surface area is 134 Å². The first kappa shape index (κ1) is 27.4. The summed E-state index contributed by atoms with van der Waals surface area (Å²) in [7, 11) is 0. The molecule has 6 atom stereocenters. The Bertz CT molecular complexity index is 189. The van der Waals surface area contributed by atoms with Gasteiger partial charge in [0.2, 0.25) is 0 Å². The summed E-state index contributed by atoms with van der Waals surface area (Å²) in [5.74, 6) is 0. The Kier molecular flexibility index (Phi) is 21.3. The van der Waals surface area contributed by atoms with E-state index >= 15 is 0 Å². The minimum atomic E-state index is -1.49. The van der Waals surface area contributed by atoms with Gasteiger partial charge in [0.25, 0.3) is 0 Å². The van der Waals surface area contributed by atoms with E-state index < -0.39 is 63.1 Å². The maximum atomic E-state index is 8.77. The molecule has 0 radical (unpaired) electrons. The van der Waals surface area contributed by atoms with Gasteiger partial charge in [0, 0.05) is 6.61 Å². The number of hydrogen-bond donors (Lipinski definition) is 11. The van der Waals surface area contributed by atoms with Crippen LogP contribution in [0.4, 0.5) is 0 Å². The van der Waals surface area contributed by atoms with Gasteiger partial charge < -0.3 is 56.2 Å². The second kappa shape index (κ2) is 17.9. The molecular formula is C12H30O11. The van der Waals surface area contributed by atoms with Crippen LogP contribution < -0.4 is 0 Å². The van der Waals surface area contributed by atoms with E-state index in [9.17, 15) is 0 Å². The van der Waals surface area contributed by atoms with E-state index in [4.69, 9.17) is 56.2 Å². The highest BCUT2D eigenvalue weighted by atomic mass is 16.4. The van der Waals surface area contributed by atoms with Crippen LogP contribution in [-0.4, -0.2) is 126 Å². The molecule has 2 unspecified atom stereocenters. The highest BCUT2D eigenvalue weighted by Gasteiger charge is 2.23. The fourth-order valence-corrected chi connectivity index (χ4v) is 0.945. The van der Waals surface area contributed by atoms with Crippen molar-refractivity contribution in [2.45, 2.75) is 43.5 Å². The van der Waals surface area contributed by atoms with Gasteiger partial charge in [-0.1, -0.05) is 0 Å². The van der Waals surface area contributed by atoms with Gasteiger partial charge in [-0.2, -0.15) is 0 Å². The molecule has 0 aromatic rings. The zero-order valence-electron chi connectivity index (χ0n) is 12.9. The molecule has 0 saturated carbocycles. The third-order valence-electron chi connectivity index (χ3n) is 2.33. The Morgan fingerprint density at radius 3 is 0.696 bits per heavy atom. The van der Waals surface area contributed by atoms with E-state index in [1.807, 2.05) is 0 Å². The first-order valence-corrected chi connectivity index (χ1v) is 6.80. The molecular weight excluding hydrogens is 320 g/mol. The largest absolute Gasteiger partial charge is 0.397 e. The molecule has 0 fully saturated rings. The summed E-state index contributed by atoms with van der Waals surface area (Å²) in [6.45, 7) is -0.632. The van der Waals surface area contributed by atoms with E-state index in [-0.39, 0.29) is 6.61 Å². The van der Waals surface area contributed by atoms with Crippen molar-refractivity contribution < 1.29 is 56.2 Å². The number of hydrogen-bond acceptors (Lipinski definition) is 11. The van der Waals surface area contributed by atoms with Crippen LogP contribution in [0.3, 0.4) is 0 Å². The lowest BCUT2D eigenvalue weighted by Crippen LogP contribution is -2.41. The lowest BCUT2D eigenvalue weighted by Gasteiger charge is -2.19. The van der Waals surface area contributed by atoms with Crippen molar-refractivity contribution >= 4 is 0 Å². The van der Waals surface area contributed by atoms with Gasteiger partial charge >= 0.3 is 0 Å². The normalized spacial score (nSPS) is 18.3. The molecule has 0 rings (SSSR count). The van der Waals surface area contributed by atoms with Gasteiger partial charge in [-0.05, 0) is 6.92 Å². The topological polar surface area (TPSA) is 223 Å². The molecule has 0 saturated heterocycles. The van der Waals surface area contributed by atoms with Crippen molar-refractivity contribution in [2.24, 2.45) is 0 Å². The van der Waals surface area contributed by atoms with Crippen LogP contribution in [-0.2, 0) is 0 Å². The highest BCUT2D eigenvalue weighted by Crippen LogP contribution is 1.98. The number of aliphatic hydroxyl groups is 11. The molecule has 11 heteroatoms. The Morgan fingerprint density at radius 2 is 0.609 bits per heavy atom. The van der Waals surface area contributed by atoms with Crippen LogP contribution >= 0.6 is 0 Å². The molecule has 0 amide bonds. The van der Waals surface area contributed by atoms with Gasteiger partial charge in [0.1, 0.15) is 36.6 Å². The predicted octanol–water partition coefficient (Wildman–Crippen LogP) is -5.89. The molecule has 11 N–H and O–H groups in total. The molecule has 11 nitrogen and oxygen atoms in total. The Hall–Kier alpha value is -0.440. The standard InChI is InChI=1S/2C5H12O5.C2H6O/c2*6-1-3(8)5(10)4(9)2-7;1-2-3/h2*3-10H,1-2H2;3H,2H2,1H3/t2*3-,4+,5?;. The van der Waals surface area contributed by atoms with E-state index in [0.29, 0.717) is 0 Å². The summed E-state index contributed by atoms with van der Waals surface area (Å²) < 4.78 is 0. The number of rotatable bonds is 8. The SMILES string of the molecule is CCO.OC[C@@H](O)C(O)[C@@H](O)CO.OC[C@@H](O)C(O)[C@@H](O)CO. The van der Waals surface area contributed by atoms with Gasteiger partial charge in [0.05, 0.1) is 26.4 Å². The molecule has 0 bridgehead atoms. The van der Waals surface area contributed by atoms with Gasteiger partial charge in [-0.3, -0.25) is 0 Å². The molecule has 0 aromatic carbocycles. The van der Waals surface area contributed by atoms with Crippen molar-refractivity contribution in [3.8, 4) is 0 Å². The molecule has 0 aliphatic rings. The fourth-order valence-electron chi connectivity index (χ4n) is 0.945. The highest BCUT2D eigenvalue weighted by molar-refractivity contribution is 4.73. The van der Waals surface area contributed by atoms with Crippen LogP contribution in [0.2, 0.25) is 0 Å². The Morgan fingerprint density at radius 1 is 0.478 bits per heavy atom. The second-order valence-corrected chi connectivity index (χ2v) is 4.30. The lowest BCUT2D eigenvalue weighted by atomic mass is 10.1. The van der Waals surface area contributed by atoms with E-state index in [1.165, 1.54) is 0 Å². The zero-order valence-corrected chi connectivity index (χ0v) is 12.9. The Balaban J connectivity index is -0.000000297. The first-order chi connectivity index (χ1) is 10.7. The van der Waals surface area contributed by atoms with Gasteiger partial charge in [-0.25, -0.2) is 0 Å². The fraction of sp³-hybridized carbons (Fsp3) is 1.00. The molecule has 0 aliphatic heterocycles. The van der Waals surface area contributed by atoms with E-state index in [2.05, 4.69) is 0 Å². The van der Waals surface area contributed by atoms with Gasteiger partial charge in [-0.15, -0.1) is 0 Å². The van der Waals surface area contributed by atoms with Crippen LogP contribution in [0.1, 0.15) is 6.92 Å². The van der Waals surface area contributed by atoms with E-state index in [0.717, 1.165) is 0 Å². The van der Waals surface area contributed by atoms with Crippen LogP contribution in [0.15, 0.2) is 0 Å². The van der Waals surface area contributed by atoms with Crippen LogP contribution in [0.25, 0.3) is 0 Å². The monoisotopic (exact) mass is 350 g/mol. The first-order valence-electron chi connectivity index (χ1n) is 6.80. The summed E-state index contributed by atoms with van der Waals surface area (Å²) in [5.41, 5.74) is 0.